The maximum atomic E-state index is 6.46. The predicted molar refractivity (Wildman–Crippen MR) is 133 cm³/mol. The summed E-state index contributed by atoms with van der Waals surface area (Å²) in [7, 11) is 1.45. The Labute approximate surface area is 196 Å². The zero-order valence-corrected chi connectivity index (χ0v) is 22.9. The molecule has 1 aromatic rings. The van der Waals surface area contributed by atoms with Crippen molar-refractivity contribution in [3.63, 3.8) is 0 Å². The van der Waals surface area contributed by atoms with Gasteiger partial charge in [-0.1, -0.05) is 32.4 Å². The molecule has 0 amide bonds. The van der Waals surface area contributed by atoms with Crippen molar-refractivity contribution in [2.75, 3.05) is 21.0 Å². The van der Waals surface area contributed by atoms with E-state index in [1.54, 1.807) is 14.2 Å². The number of ether oxygens (including phenoxy) is 4. The molecule has 5 nitrogen and oxygen atoms in total. The highest BCUT2D eigenvalue weighted by Crippen LogP contribution is 2.40. The normalized spacial score (nSPS) is 18.6. The van der Waals surface area contributed by atoms with Gasteiger partial charge < -0.3 is 23.4 Å². The van der Waals surface area contributed by atoms with Crippen molar-refractivity contribution in [1.29, 1.82) is 0 Å². The van der Waals surface area contributed by atoms with Crippen LogP contribution in [0.15, 0.2) is 23.8 Å². The fourth-order valence-corrected chi connectivity index (χ4v) is 4.32. The zero-order chi connectivity index (χ0) is 24.2. The van der Waals surface area contributed by atoms with Gasteiger partial charge in [-0.05, 0) is 75.9 Å². The highest BCUT2D eigenvalue weighted by atomic mass is 28.4. The van der Waals surface area contributed by atoms with Crippen molar-refractivity contribution in [2.45, 2.75) is 97.2 Å². The summed E-state index contributed by atoms with van der Waals surface area (Å²) in [6, 6.07) is 4.20. The van der Waals surface area contributed by atoms with Crippen LogP contribution in [0.2, 0.25) is 18.1 Å². The summed E-state index contributed by atoms with van der Waals surface area (Å²) in [4.78, 5) is 0. The minimum absolute atomic E-state index is 0.0489. The third-order valence-corrected chi connectivity index (χ3v) is 11.3. The van der Waals surface area contributed by atoms with Gasteiger partial charge in [-0.2, -0.15) is 0 Å². The summed E-state index contributed by atoms with van der Waals surface area (Å²) >= 11 is 0. The van der Waals surface area contributed by atoms with Crippen molar-refractivity contribution in [3.05, 3.63) is 34.9 Å². The number of hydrogen-bond donors (Lipinski definition) is 0. The monoisotopic (exact) mass is 464 g/mol. The Morgan fingerprint density at radius 2 is 1.84 bits per heavy atom. The Hall–Kier alpha value is -1.34. The SMILES string of the molecule is COCOc1c(C/C=C(\C)CC[C@H]2OC2(C)C)cc(CO[Si](C)(C)C(C)(C)C)cc1OC. The molecule has 1 aromatic carbocycles. The van der Waals surface area contributed by atoms with E-state index in [9.17, 15) is 0 Å². The molecule has 182 valence electrons. The summed E-state index contributed by atoms with van der Waals surface area (Å²) in [6.45, 7) is 18.6. The van der Waals surface area contributed by atoms with Crippen LogP contribution >= 0.6 is 0 Å². The van der Waals surface area contributed by atoms with Crippen LogP contribution in [0.1, 0.15) is 65.5 Å². The summed E-state index contributed by atoms with van der Waals surface area (Å²) in [6.07, 6.45) is 5.52. The first-order valence-electron chi connectivity index (χ1n) is 11.6. The van der Waals surface area contributed by atoms with Gasteiger partial charge in [0.05, 0.1) is 25.4 Å². The van der Waals surface area contributed by atoms with E-state index in [-0.39, 0.29) is 17.4 Å². The van der Waals surface area contributed by atoms with E-state index < -0.39 is 8.32 Å². The maximum Gasteiger partial charge on any atom is 0.192 e. The molecule has 0 N–H and O–H groups in total. The number of methoxy groups -OCH3 is 2. The minimum Gasteiger partial charge on any atom is -0.493 e. The number of rotatable bonds is 12. The van der Waals surface area contributed by atoms with Gasteiger partial charge in [-0.15, -0.1) is 0 Å². The predicted octanol–water partition coefficient (Wildman–Crippen LogP) is 6.65. The molecule has 0 aromatic heterocycles. The number of epoxide rings is 1. The van der Waals surface area contributed by atoms with E-state index >= 15 is 0 Å². The van der Waals surface area contributed by atoms with Gasteiger partial charge in [-0.3, -0.25) is 0 Å². The standard InChI is InChI=1S/C26H44O5Si/c1-19(12-14-23-26(5,6)31-23)11-13-21-15-20(17-30-32(9,10)25(2,3)4)16-22(28-8)24(21)29-18-27-7/h11,15-16,23H,12-14,17-18H2,1-10H3/b19-11+/t23-/m1/s1. The molecule has 0 bridgehead atoms. The van der Waals surface area contributed by atoms with Crippen LogP contribution in [0.3, 0.4) is 0 Å². The molecule has 1 aliphatic rings. The van der Waals surface area contributed by atoms with E-state index in [4.69, 9.17) is 23.4 Å². The van der Waals surface area contributed by atoms with Gasteiger partial charge in [0, 0.05) is 12.7 Å². The molecule has 1 saturated heterocycles. The molecular formula is C26H44O5Si. The molecule has 1 aliphatic heterocycles. The van der Waals surface area contributed by atoms with Crippen molar-refractivity contribution in [3.8, 4) is 11.5 Å². The van der Waals surface area contributed by atoms with Gasteiger partial charge in [-0.25, -0.2) is 0 Å². The second-order valence-corrected chi connectivity index (χ2v) is 15.7. The lowest BCUT2D eigenvalue weighted by Gasteiger charge is -2.36. The van der Waals surface area contributed by atoms with Crippen LogP contribution in [0.25, 0.3) is 0 Å². The maximum absolute atomic E-state index is 6.46. The van der Waals surface area contributed by atoms with Gasteiger partial charge in [0.25, 0.3) is 0 Å². The van der Waals surface area contributed by atoms with Gasteiger partial charge in [0.1, 0.15) is 0 Å². The molecule has 0 saturated carbocycles. The second kappa shape index (κ2) is 10.7. The number of allylic oxidation sites excluding steroid dienone is 2. The van der Waals surface area contributed by atoms with Crippen molar-refractivity contribution in [1.82, 2.24) is 0 Å². The topological polar surface area (TPSA) is 49.5 Å². The fourth-order valence-electron chi connectivity index (χ4n) is 3.36. The fraction of sp³-hybridized carbons (Fsp3) is 0.692. The quantitative estimate of drug-likeness (QED) is 0.150. The molecule has 1 fully saturated rings. The average Bonchev–Trinajstić information content (AvgIpc) is 3.33. The Bertz CT molecular complexity index is 792. The molecule has 0 radical (unpaired) electrons. The highest BCUT2D eigenvalue weighted by molar-refractivity contribution is 6.74. The first-order valence-corrected chi connectivity index (χ1v) is 14.5. The summed E-state index contributed by atoms with van der Waals surface area (Å²) in [5.74, 6) is 1.45. The van der Waals surface area contributed by atoms with Crippen molar-refractivity contribution < 1.29 is 23.4 Å². The summed E-state index contributed by atoms with van der Waals surface area (Å²) < 4.78 is 28.9. The van der Waals surface area contributed by atoms with Gasteiger partial charge in [0.2, 0.25) is 0 Å². The number of benzene rings is 1. The highest BCUT2D eigenvalue weighted by Gasteiger charge is 2.46. The molecule has 2 rings (SSSR count). The van der Waals surface area contributed by atoms with Crippen LogP contribution < -0.4 is 9.47 Å². The van der Waals surface area contributed by atoms with Gasteiger partial charge in [0.15, 0.2) is 26.6 Å². The largest absolute Gasteiger partial charge is 0.493 e. The van der Waals surface area contributed by atoms with Crippen molar-refractivity contribution >= 4 is 8.32 Å². The van der Waals surface area contributed by atoms with Gasteiger partial charge >= 0.3 is 0 Å². The van der Waals surface area contributed by atoms with Crippen LogP contribution in [-0.2, 0) is 26.9 Å². The third-order valence-electron chi connectivity index (χ3n) is 6.77. The Morgan fingerprint density at radius 1 is 1.19 bits per heavy atom. The Kier molecular flexibility index (Phi) is 9.02. The van der Waals surface area contributed by atoms with E-state index in [1.807, 2.05) is 6.07 Å². The Morgan fingerprint density at radius 3 is 2.38 bits per heavy atom. The zero-order valence-electron chi connectivity index (χ0n) is 21.9. The summed E-state index contributed by atoms with van der Waals surface area (Å²) in [5.41, 5.74) is 3.59. The Balaban J connectivity index is 2.19. The van der Waals surface area contributed by atoms with E-state index in [0.717, 1.165) is 36.1 Å². The first-order chi connectivity index (χ1) is 14.8. The molecular weight excluding hydrogens is 420 g/mol. The van der Waals surface area contributed by atoms with E-state index in [2.05, 4.69) is 66.8 Å². The second-order valence-electron chi connectivity index (χ2n) is 10.9. The molecule has 0 aliphatic carbocycles. The average molecular weight is 465 g/mol. The third kappa shape index (κ3) is 7.34. The lowest BCUT2D eigenvalue weighted by atomic mass is 10.0. The van der Waals surface area contributed by atoms with Crippen LogP contribution in [-0.4, -0.2) is 41.0 Å². The molecule has 32 heavy (non-hydrogen) atoms. The van der Waals surface area contributed by atoms with Crippen LogP contribution in [0.4, 0.5) is 0 Å². The molecule has 0 unspecified atom stereocenters. The minimum atomic E-state index is -1.85. The first kappa shape index (κ1) is 26.9. The van der Waals surface area contributed by atoms with E-state index in [1.165, 1.54) is 5.57 Å². The molecule has 1 atom stereocenters. The smallest absolute Gasteiger partial charge is 0.192 e. The lowest BCUT2D eigenvalue weighted by molar-refractivity contribution is 0.0485. The molecule has 6 heteroatoms. The van der Waals surface area contributed by atoms with Crippen molar-refractivity contribution in [2.24, 2.45) is 0 Å². The summed E-state index contributed by atoms with van der Waals surface area (Å²) in [5, 5.41) is 0.168. The van der Waals surface area contributed by atoms with E-state index in [0.29, 0.717) is 18.5 Å². The molecule has 0 spiro atoms. The lowest BCUT2D eigenvalue weighted by Crippen LogP contribution is -2.40. The molecule has 1 heterocycles. The van der Waals surface area contributed by atoms with Crippen LogP contribution in [0.5, 0.6) is 11.5 Å². The number of hydrogen-bond acceptors (Lipinski definition) is 5. The van der Waals surface area contributed by atoms with Crippen LogP contribution in [0, 0.1) is 0 Å².